The van der Waals surface area contributed by atoms with Crippen LogP contribution in [-0.2, 0) is 9.39 Å². The average molecular weight is 253 g/mol. The Balaban J connectivity index is 1.93. The summed E-state index contributed by atoms with van der Waals surface area (Å²) in [6.45, 7) is 5.78. The summed E-state index contributed by atoms with van der Waals surface area (Å²) in [5, 5.41) is 0. The van der Waals surface area contributed by atoms with Gasteiger partial charge in [-0.3, -0.25) is 0 Å². The number of alkyl halides is 1. The van der Waals surface area contributed by atoms with Gasteiger partial charge in [-0.2, -0.15) is 0 Å². The molecule has 0 aliphatic carbocycles. The number of hydrogen-bond acceptors (Lipinski definition) is 2. The average Bonchev–Trinajstić information content (AvgIpc) is 2.45. The minimum Gasteiger partial charge on any atom is -0.436 e. The molecule has 4 heteroatoms. The molecule has 1 heterocycles. The van der Waals surface area contributed by atoms with E-state index in [4.69, 9.17) is 9.39 Å². The summed E-state index contributed by atoms with van der Waals surface area (Å²) in [7, 11) is 1.86. The molecule has 1 aliphatic rings. The number of ether oxygens (including phenoxy) is 1. The first-order chi connectivity index (χ1) is 4.58. The van der Waals surface area contributed by atoms with Gasteiger partial charge in [-0.1, -0.05) is 36.4 Å². The van der Waals surface area contributed by atoms with Crippen molar-refractivity contribution < 1.29 is 9.39 Å². The third kappa shape index (κ3) is 4.52. The Morgan fingerprint density at radius 3 is 2.80 bits per heavy atom. The molecular formula is C6H11BIO2. The molecule has 0 N–H and O–H groups in total. The molecule has 57 valence electrons. The quantitative estimate of drug-likeness (QED) is 0.325. The van der Waals surface area contributed by atoms with E-state index in [0.717, 1.165) is 6.61 Å². The fraction of sp³-hybridized carbons (Fsp3) is 1.00. The van der Waals surface area contributed by atoms with Gasteiger partial charge in [0, 0.05) is 3.32 Å². The predicted octanol–water partition coefficient (Wildman–Crippen LogP) is 1.19. The van der Waals surface area contributed by atoms with E-state index < -0.39 is 0 Å². The van der Waals surface area contributed by atoms with Crippen LogP contribution >= 0.6 is 22.6 Å². The normalized spacial score (nSPS) is 24.5. The van der Waals surface area contributed by atoms with E-state index in [2.05, 4.69) is 36.4 Å². The van der Waals surface area contributed by atoms with E-state index in [0.29, 0.717) is 12.7 Å². The molecule has 10 heavy (non-hydrogen) atoms. The largest absolute Gasteiger partial charge is 0.436 e. The monoisotopic (exact) mass is 253 g/mol. The molecular weight excluding hydrogens is 242 g/mol. The molecule has 0 aromatic carbocycles. The van der Waals surface area contributed by atoms with Crippen LogP contribution < -0.4 is 0 Å². The molecule has 0 saturated carbocycles. The second-order valence-corrected chi connectivity index (χ2v) is 5.75. The van der Waals surface area contributed by atoms with E-state index in [1.165, 1.54) is 0 Å². The predicted molar refractivity (Wildman–Crippen MR) is 49.5 cm³/mol. The highest BCUT2D eigenvalue weighted by Crippen LogP contribution is 2.16. The third-order valence-corrected chi connectivity index (χ3v) is 1.30. The smallest absolute Gasteiger partial charge is 0.309 e. The molecule has 0 amide bonds. The van der Waals surface area contributed by atoms with Crippen LogP contribution in [0.4, 0.5) is 0 Å². The van der Waals surface area contributed by atoms with Crippen molar-refractivity contribution in [2.24, 2.45) is 0 Å². The summed E-state index contributed by atoms with van der Waals surface area (Å²) in [5.74, 6) is 0. The highest BCUT2D eigenvalue weighted by molar-refractivity contribution is 14.1. The van der Waals surface area contributed by atoms with Crippen molar-refractivity contribution in [3.63, 3.8) is 0 Å². The van der Waals surface area contributed by atoms with E-state index in [1.807, 2.05) is 7.48 Å². The van der Waals surface area contributed by atoms with Gasteiger partial charge < -0.3 is 9.39 Å². The van der Waals surface area contributed by atoms with Crippen molar-refractivity contribution in [1.29, 1.82) is 0 Å². The van der Waals surface area contributed by atoms with Crippen molar-refractivity contribution >= 4 is 30.1 Å². The first kappa shape index (κ1) is 8.81. The van der Waals surface area contributed by atoms with E-state index in [-0.39, 0.29) is 3.32 Å². The highest BCUT2D eigenvalue weighted by Gasteiger charge is 2.24. The first-order valence-electron chi connectivity index (χ1n) is 3.34. The van der Waals surface area contributed by atoms with Gasteiger partial charge in [-0.15, -0.1) is 0 Å². The standard InChI is InChI=1S/C6H11BIO2/c1-6(2,8)7-10-4-5-3-9-5/h5H,3-4H2,1-2H3. The fourth-order valence-corrected chi connectivity index (χ4v) is 0.698. The Kier molecular flexibility index (Phi) is 3.00. The zero-order valence-corrected chi connectivity index (χ0v) is 8.42. The molecule has 1 aliphatic heterocycles. The molecule has 1 atom stereocenters. The van der Waals surface area contributed by atoms with Crippen molar-refractivity contribution in [3.8, 4) is 0 Å². The van der Waals surface area contributed by atoms with Gasteiger partial charge in [0.05, 0.1) is 13.2 Å². The zero-order valence-electron chi connectivity index (χ0n) is 6.26. The third-order valence-electron chi connectivity index (χ3n) is 1.05. The summed E-state index contributed by atoms with van der Waals surface area (Å²) in [6.07, 6.45) is 0.370. The lowest BCUT2D eigenvalue weighted by molar-refractivity contribution is 0.270. The van der Waals surface area contributed by atoms with Crippen LogP contribution in [0.3, 0.4) is 0 Å². The number of rotatable bonds is 4. The van der Waals surface area contributed by atoms with Gasteiger partial charge in [0.15, 0.2) is 0 Å². The SMILES string of the molecule is CC(C)(I)[B]OCC1CO1. The molecule has 1 saturated heterocycles. The Morgan fingerprint density at radius 1 is 1.80 bits per heavy atom. The van der Waals surface area contributed by atoms with Crippen LogP contribution in [0.2, 0.25) is 0 Å². The molecule has 1 radical (unpaired) electrons. The van der Waals surface area contributed by atoms with Crippen LogP contribution in [0, 0.1) is 0 Å². The van der Waals surface area contributed by atoms with Crippen LogP contribution in [0.5, 0.6) is 0 Å². The van der Waals surface area contributed by atoms with Gasteiger partial charge in [-0.25, -0.2) is 0 Å². The van der Waals surface area contributed by atoms with Crippen molar-refractivity contribution in [1.82, 2.24) is 0 Å². The molecule has 1 fully saturated rings. The van der Waals surface area contributed by atoms with Crippen molar-refractivity contribution in [2.45, 2.75) is 23.3 Å². The second-order valence-electron chi connectivity index (χ2n) is 2.97. The second kappa shape index (κ2) is 3.41. The Labute approximate surface area is 76.1 Å². The molecule has 2 nitrogen and oxygen atoms in total. The van der Waals surface area contributed by atoms with E-state index in [1.54, 1.807) is 0 Å². The van der Waals surface area contributed by atoms with Crippen molar-refractivity contribution in [3.05, 3.63) is 0 Å². The van der Waals surface area contributed by atoms with Gasteiger partial charge >= 0.3 is 7.48 Å². The summed E-state index contributed by atoms with van der Waals surface area (Å²) in [4.78, 5) is 0. The lowest BCUT2D eigenvalue weighted by Crippen LogP contribution is -2.24. The Morgan fingerprint density at radius 2 is 2.40 bits per heavy atom. The van der Waals surface area contributed by atoms with Gasteiger partial charge in [0.25, 0.3) is 0 Å². The molecule has 0 bridgehead atoms. The molecule has 0 spiro atoms. The molecule has 1 unspecified atom stereocenters. The maximum atomic E-state index is 5.26. The lowest BCUT2D eigenvalue weighted by Gasteiger charge is -2.12. The van der Waals surface area contributed by atoms with Crippen LogP contribution in [0.15, 0.2) is 0 Å². The summed E-state index contributed by atoms with van der Waals surface area (Å²) < 4.78 is 10.4. The molecule has 0 aromatic heterocycles. The van der Waals surface area contributed by atoms with E-state index >= 15 is 0 Å². The maximum Gasteiger partial charge on any atom is 0.309 e. The zero-order chi connectivity index (χ0) is 7.61. The highest BCUT2D eigenvalue weighted by atomic mass is 127. The van der Waals surface area contributed by atoms with E-state index in [9.17, 15) is 0 Å². The minimum absolute atomic E-state index is 0.132. The van der Waals surface area contributed by atoms with Crippen LogP contribution in [0.25, 0.3) is 0 Å². The van der Waals surface area contributed by atoms with Gasteiger partial charge in [0.2, 0.25) is 0 Å². The fourth-order valence-electron chi connectivity index (χ4n) is 0.518. The topological polar surface area (TPSA) is 21.8 Å². The summed E-state index contributed by atoms with van der Waals surface area (Å²) in [6, 6.07) is 0. The lowest BCUT2D eigenvalue weighted by atomic mass is 9.83. The van der Waals surface area contributed by atoms with Gasteiger partial charge in [-0.05, 0) is 0 Å². The van der Waals surface area contributed by atoms with Gasteiger partial charge in [0.1, 0.15) is 6.10 Å². The minimum atomic E-state index is 0.132. The summed E-state index contributed by atoms with van der Waals surface area (Å²) in [5.41, 5.74) is 0. The number of halogens is 1. The van der Waals surface area contributed by atoms with Crippen LogP contribution in [0.1, 0.15) is 13.8 Å². The molecule has 0 aromatic rings. The van der Waals surface area contributed by atoms with Crippen LogP contribution in [-0.4, -0.2) is 30.1 Å². The maximum absolute atomic E-state index is 5.26. The molecule has 1 rings (SSSR count). The Hall–Kier alpha value is 0.715. The first-order valence-corrected chi connectivity index (χ1v) is 4.42. The Bertz CT molecular complexity index is 109. The number of epoxide rings is 1. The summed E-state index contributed by atoms with van der Waals surface area (Å²) >= 11 is 2.32. The number of hydrogen-bond donors (Lipinski definition) is 0. The van der Waals surface area contributed by atoms with Crippen molar-refractivity contribution in [2.75, 3.05) is 13.2 Å².